The van der Waals surface area contributed by atoms with Crippen molar-refractivity contribution in [1.29, 1.82) is 0 Å². The smallest absolute Gasteiger partial charge is 0.744 e. The summed E-state index contributed by atoms with van der Waals surface area (Å²) in [6, 6.07) is 63.8. The van der Waals surface area contributed by atoms with Crippen LogP contribution in [0.15, 0.2) is 216 Å². The maximum Gasteiger partial charge on any atom is 1.00 e. The van der Waals surface area contributed by atoms with Crippen LogP contribution in [-0.4, -0.2) is 25.9 Å². The minimum absolute atomic E-state index is 0. The van der Waals surface area contributed by atoms with Crippen LogP contribution >= 0.6 is 0 Å². The zero-order valence-corrected chi connectivity index (χ0v) is 42.1. The Labute approximate surface area is 432 Å². The van der Waals surface area contributed by atoms with Crippen molar-refractivity contribution in [2.75, 3.05) is 0 Å². The summed E-state index contributed by atoms with van der Waals surface area (Å²) >= 11 is 0. The van der Waals surface area contributed by atoms with Gasteiger partial charge in [-0.3, -0.25) is 0 Å². The zero-order valence-electron chi connectivity index (χ0n) is 36.5. The molecule has 8 rings (SSSR count). The summed E-state index contributed by atoms with van der Waals surface area (Å²) in [5.74, 6) is 0. The third kappa shape index (κ3) is 14.3. The molecule has 8 aromatic carbocycles. The zero-order chi connectivity index (χ0) is 44.8. The van der Waals surface area contributed by atoms with E-state index in [4.69, 9.17) is 0 Å². The average Bonchev–Trinajstić information content (AvgIpc) is 3.32. The molecule has 0 bridgehead atoms. The van der Waals surface area contributed by atoms with Crippen molar-refractivity contribution in [3.63, 3.8) is 0 Å². The monoisotopic (exact) mass is 920 g/mol. The fourth-order valence-electron chi connectivity index (χ4n) is 7.08. The van der Waals surface area contributed by atoms with E-state index in [1.165, 1.54) is 0 Å². The number of hydrogen-bond donors (Lipinski definition) is 0. The van der Waals surface area contributed by atoms with Crippen molar-refractivity contribution in [2.24, 2.45) is 0 Å². The van der Waals surface area contributed by atoms with Gasteiger partial charge >= 0.3 is 59.1 Å². The Hall–Kier alpha value is -5.46. The first-order chi connectivity index (χ1) is 31.0. The molecule has 8 aromatic rings. The average molecular weight is 921 g/mol. The van der Waals surface area contributed by atoms with Crippen molar-refractivity contribution in [3.8, 4) is 22.3 Å². The predicted molar refractivity (Wildman–Crippen MR) is 261 cm³/mol. The van der Waals surface area contributed by atoms with Gasteiger partial charge in [-0.2, -0.15) is 0 Å². The summed E-state index contributed by atoms with van der Waals surface area (Å²) in [6.45, 7) is 0. The Balaban J connectivity index is 0.000000240. The summed E-state index contributed by atoms with van der Waals surface area (Å²) in [5.41, 5.74) is 7.95. The van der Waals surface area contributed by atoms with Gasteiger partial charge in [0.25, 0.3) is 0 Å². The molecule has 10 heteroatoms. The van der Waals surface area contributed by atoms with Crippen LogP contribution in [0.4, 0.5) is 0 Å². The summed E-state index contributed by atoms with van der Waals surface area (Å²) in [6.07, 6.45) is 14.5. The van der Waals surface area contributed by atoms with Gasteiger partial charge in [0.15, 0.2) is 0 Å². The van der Waals surface area contributed by atoms with Crippen molar-refractivity contribution in [1.82, 2.24) is 0 Å². The molecule has 0 aliphatic rings. The van der Waals surface area contributed by atoms with Gasteiger partial charge in [0.05, 0.1) is 9.79 Å². The fourth-order valence-corrected chi connectivity index (χ4v) is 8.90. The Bertz CT molecular complexity index is 2940. The quantitative estimate of drug-likeness (QED) is 0.0728. The molecular weight excluding hydrogens is 879 g/mol. The second kappa shape index (κ2) is 24.9. The van der Waals surface area contributed by atoms with Crippen LogP contribution in [0.1, 0.15) is 44.5 Å². The summed E-state index contributed by atoms with van der Waals surface area (Å²) < 4.78 is 74.8. The Morgan fingerprint density at radius 2 is 0.530 bits per heavy atom. The molecule has 0 unspecified atom stereocenters. The van der Waals surface area contributed by atoms with E-state index in [1.807, 2.05) is 206 Å². The van der Waals surface area contributed by atoms with E-state index in [1.54, 1.807) is 48.6 Å². The maximum atomic E-state index is 12.5. The first-order valence-corrected chi connectivity index (χ1v) is 23.2. The van der Waals surface area contributed by atoms with E-state index < -0.39 is 20.2 Å². The first kappa shape index (κ1) is 51.5. The minimum atomic E-state index is -4.76. The van der Waals surface area contributed by atoms with Crippen LogP contribution in [0.3, 0.4) is 0 Å². The van der Waals surface area contributed by atoms with Crippen molar-refractivity contribution < 1.29 is 85.1 Å². The molecule has 0 aromatic heterocycles. The summed E-state index contributed by atoms with van der Waals surface area (Å²) in [7, 11) is -9.51. The molecule has 0 aliphatic heterocycles. The molecule has 0 atom stereocenters. The second-order valence-corrected chi connectivity index (χ2v) is 17.1. The Kier molecular flexibility index (Phi) is 19.4. The van der Waals surface area contributed by atoms with Gasteiger partial charge in [-0.05, 0) is 66.8 Å². The third-order valence-corrected chi connectivity index (χ3v) is 12.0. The van der Waals surface area contributed by atoms with Gasteiger partial charge in [0.2, 0.25) is 0 Å². The summed E-state index contributed by atoms with van der Waals surface area (Å²) in [5, 5.41) is 0. The molecule has 0 spiro atoms. The van der Waals surface area contributed by atoms with E-state index in [9.17, 15) is 25.9 Å². The normalized spacial score (nSPS) is 11.5. The van der Waals surface area contributed by atoms with Crippen LogP contribution in [0.2, 0.25) is 0 Å². The van der Waals surface area contributed by atoms with Crippen LogP contribution in [-0.2, 0) is 20.2 Å². The van der Waals surface area contributed by atoms with Crippen molar-refractivity contribution in [2.45, 2.75) is 9.79 Å². The van der Waals surface area contributed by atoms with Crippen LogP contribution in [0, 0.1) is 0 Å². The van der Waals surface area contributed by atoms with Gasteiger partial charge in [-0.25, -0.2) is 16.8 Å². The Morgan fingerprint density at radius 1 is 0.288 bits per heavy atom. The molecule has 0 fully saturated rings. The molecular formula is C56H42Na2O6S2. The molecule has 0 N–H and O–H groups in total. The minimum Gasteiger partial charge on any atom is -0.744 e. The van der Waals surface area contributed by atoms with E-state index in [0.29, 0.717) is 44.5 Å². The van der Waals surface area contributed by atoms with Gasteiger partial charge in [-0.1, -0.05) is 255 Å². The molecule has 0 aliphatic carbocycles. The van der Waals surface area contributed by atoms with E-state index in [0.717, 1.165) is 22.3 Å². The number of hydrogen-bond acceptors (Lipinski definition) is 6. The van der Waals surface area contributed by atoms with Crippen LogP contribution in [0.5, 0.6) is 0 Å². The van der Waals surface area contributed by atoms with Gasteiger partial charge < -0.3 is 9.11 Å². The molecule has 6 nitrogen and oxygen atoms in total. The molecule has 66 heavy (non-hydrogen) atoms. The van der Waals surface area contributed by atoms with E-state index in [-0.39, 0.29) is 68.9 Å². The second-order valence-electron chi connectivity index (χ2n) is 14.5. The van der Waals surface area contributed by atoms with Crippen molar-refractivity contribution >= 4 is 68.8 Å². The van der Waals surface area contributed by atoms with E-state index >= 15 is 0 Å². The maximum absolute atomic E-state index is 12.5. The van der Waals surface area contributed by atoms with Gasteiger partial charge in [0, 0.05) is 0 Å². The largest absolute Gasteiger partial charge is 1.00 e. The van der Waals surface area contributed by atoms with Crippen LogP contribution < -0.4 is 59.1 Å². The third-order valence-electron chi connectivity index (χ3n) is 10.1. The van der Waals surface area contributed by atoms with Gasteiger partial charge in [0.1, 0.15) is 20.2 Å². The fraction of sp³-hybridized carbons (Fsp3) is 0. The molecule has 0 saturated carbocycles. The number of benzene rings is 8. The summed E-state index contributed by atoms with van der Waals surface area (Å²) in [4.78, 5) is -0.433. The molecule has 0 radical (unpaired) electrons. The molecule has 0 heterocycles. The van der Waals surface area contributed by atoms with Crippen molar-refractivity contribution in [3.05, 3.63) is 251 Å². The topological polar surface area (TPSA) is 114 Å². The molecule has 316 valence electrons. The van der Waals surface area contributed by atoms with Crippen LogP contribution in [0.25, 0.3) is 70.9 Å². The Morgan fingerprint density at radius 3 is 0.788 bits per heavy atom. The predicted octanol–water partition coefficient (Wildman–Crippen LogP) is 7.21. The molecule has 0 saturated heterocycles. The first-order valence-electron chi connectivity index (χ1n) is 20.3. The van der Waals surface area contributed by atoms with Gasteiger partial charge in [-0.15, -0.1) is 0 Å². The number of rotatable bonds is 12. The standard InChI is InChI=1S/2C28H22O3S.2Na/c2*29-32(30,31)28-26(20-17-23-12-6-2-7-13-23)25(18-16-22-10-4-1-5-11-22)19-21-27(28)24-14-8-3-9-15-24;;/h2*1-21H,(H,29,30,31);;/q;;2*+1/p-2. The molecule has 0 amide bonds. The SMILES string of the molecule is O=S(=O)([O-])c1c(-c2ccccc2)ccc(C=Cc2ccccc2)c1C=Cc1ccccc1.O=S(=O)([O-])c1c(-c2ccccc2)ccc(C=Cc2ccccc2)c1C=Cc1ccccc1.[Na+].[Na+]. The van der Waals surface area contributed by atoms with E-state index in [2.05, 4.69) is 0 Å².